The molecule has 0 bridgehead atoms. The number of hydrogen-bond donors (Lipinski definition) is 2. The molecule has 7 nitrogen and oxygen atoms in total. The first-order chi connectivity index (χ1) is 8.99. The minimum atomic E-state index is -0.708. The van der Waals surface area contributed by atoms with Crippen molar-refractivity contribution in [1.29, 1.82) is 0 Å². The van der Waals surface area contributed by atoms with Crippen molar-refractivity contribution in [1.82, 2.24) is 5.32 Å². The lowest BCUT2D eigenvalue weighted by Gasteiger charge is -2.14. The Hall–Kier alpha value is -1.80. The van der Waals surface area contributed by atoms with Crippen LogP contribution in [0.1, 0.15) is 24.2 Å². The highest BCUT2D eigenvalue weighted by molar-refractivity contribution is 7.96. The predicted molar refractivity (Wildman–Crippen MR) is 72.5 cm³/mol. The van der Waals surface area contributed by atoms with E-state index in [0.717, 1.165) is 17.5 Å². The minimum absolute atomic E-state index is 0.0806. The molecule has 0 saturated heterocycles. The van der Waals surface area contributed by atoms with Crippen LogP contribution >= 0.6 is 11.9 Å². The maximum atomic E-state index is 11.1. The van der Waals surface area contributed by atoms with Crippen LogP contribution in [0.2, 0.25) is 0 Å². The quantitative estimate of drug-likeness (QED) is 0.487. The van der Waals surface area contributed by atoms with Gasteiger partial charge in [0.2, 0.25) is 0 Å². The molecule has 1 amide bonds. The number of carbonyl (C=O) groups is 1. The van der Waals surface area contributed by atoms with Crippen molar-refractivity contribution in [2.45, 2.75) is 18.8 Å². The van der Waals surface area contributed by atoms with Crippen LogP contribution < -0.4 is 10.5 Å². The van der Waals surface area contributed by atoms with Crippen LogP contribution in [0.3, 0.4) is 0 Å². The molecule has 0 aromatic heterocycles. The molecule has 1 atom stereocenters. The highest BCUT2D eigenvalue weighted by Crippen LogP contribution is 2.29. The first-order valence-electron chi connectivity index (χ1n) is 5.46. The van der Waals surface area contributed by atoms with Crippen molar-refractivity contribution in [2.75, 3.05) is 7.05 Å². The van der Waals surface area contributed by atoms with E-state index in [1.54, 1.807) is 19.1 Å². The fourth-order valence-corrected chi connectivity index (χ4v) is 1.93. The number of carbonyl (C=O) groups excluding carboxylic acids is 1. The summed E-state index contributed by atoms with van der Waals surface area (Å²) >= 11 is 1.09. The summed E-state index contributed by atoms with van der Waals surface area (Å²) < 4.78 is 4.99. The molecule has 0 radical (unpaired) electrons. The Morgan fingerprint density at radius 3 is 2.84 bits per heavy atom. The number of benzene rings is 1. The zero-order chi connectivity index (χ0) is 14.4. The number of nitrogens with zero attached hydrogens (tertiary/aromatic N) is 1. The average Bonchev–Trinajstić information content (AvgIpc) is 2.38. The van der Waals surface area contributed by atoms with Crippen LogP contribution in [-0.4, -0.2) is 18.1 Å². The molecule has 104 valence electrons. The third-order valence-electron chi connectivity index (χ3n) is 2.47. The molecule has 0 aliphatic carbocycles. The number of amides is 1. The number of nitrogens with two attached hydrogens (primary N) is 1. The van der Waals surface area contributed by atoms with Crippen molar-refractivity contribution < 1.29 is 14.5 Å². The number of nitro groups is 1. The lowest BCUT2D eigenvalue weighted by Crippen LogP contribution is -2.21. The number of alkyl carbamates (subject to hydrolysis) is 1. The predicted octanol–water partition coefficient (Wildman–Crippen LogP) is 2.12. The van der Waals surface area contributed by atoms with E-state index in [1.807, 2.05) is 0 Å². The summed E-state index contributed by atoms with van der Waals surface area (Å²) in [6.45, 7) is 1.58. The first-order valence-corrected chi connectivity index (χ1v) is 6.51. The molecule has 8 heteroatoms. The van der Waals surface area contributed by atoms with E-state index >= 15 is 0 Å². The van der Waals surface area contributed by atoms with Gasteiger partial charge in [0.15, 0.2) is 0 Å². The average molecular weight is 285 g/mol. The molecule has 3 N–H and O–H groups in total. The topological polar surface area (TPSA) is 107 Å². The van der Waals surface area contributed by atoms with E-state index in [1.165, 1.54) is 13.1 Å². The molecule has 0 saturated carbocycles. The smallest absolute Gasteiger partial charge is 0.407 e. The Bertz CT molecular complexity index is 481. The first kappa shape index (κ1) is 15.3. The number of rotatable bonds is 5. The van der Waals surface area contributed by atoms with Gasteiger partial charge in [0.1, 0.15) is 6.10 Å². The summed E-state index contributed by atoms with van der Waals surface area (Å²) in [7, 11) is 1.42. The molecule has 1 aromatic rings. The molecule has 0 heterocycles. The third-order valence-corrected chi connectivity index (χ3v) is 2.97. The van der Waals surface area contributed by atoms with Crippen LogP contribution in [0.15, 0.2) is 18.2 Å². The van der Waals surface area contributed by atoms with Crippen molar-refractivity contribution in [3.63, 3.8) is 0 Å². The summed E-state index contributed by atoms with van der Waals surface area (Å²) in [6.07, 6.45) is -1.34. The fourth-order valence-electron chi connectivity index (χ4n) is 1.56. The van der Waals surface area contributed by atoms with Gasteiger partial charge in [0, 0.05) is 18.9 Å². The Kier molecular flexibility index (Phi) is 5.58. The Morgan fingerprint density at radius 2 is 2.32 bits per heavy atom. The molecular formula is C11H15N3O4S. The van der Waals surface area contributed by atoms with E-state index < -0.39 is 17.1 Å². The van der Waals surface area contributed by atoms with Gasteiger partial charge in [0.05, 0.1) is 10.5 Å². The summed E-state index contributed by atoms with van der Waals surface area (Å²) in [5.74, 6) is 0.478. The van der Waals surface area contributed by atoms with Crippen LogP contribution in [0.25, 0.3) is 0 Å². The zero-order valence-electron chi connectivity index (χ0n) is 10.6. The Labute approximate surface area is 114 Å². The summed E-state index contributed by atoms with van der Waals surface area (Å²) in [6, 6.07) is 4.75. The Balaban J connectivity index is 3.05. The third kappa shape index (κ3) is 4.11. The van der Waals surface area contributed by atoms with E-state index in [9.17, 15) is 14.9 Å². The molecule has 19 heavy (non-hydrogen) atoms. The normalized spacial score (nSPS) is 11.7. The maximum absolute atomic E-state index is 11.1. The van der Waals surface area contributed by atoms with Gasteiger partial charge in [-0.1, -0.05) is 18.0 Å². The van der Waals surface area contributed by atoms with Crippen LogP contribution in [0.4, 0.5) is 10.5 Å². The van der Waals surface area contributed by atoms with Crippen molar-refractivity contribution in [3.05, 3.63) is 39.4 Å². The summed E-state index contributed by atoms with van der Waals surface area (Å²) in [5, 5.41) is 18.7. The van der Waals surface area contributed by atoms with Crippen molar-refractivity contribution >= 4 is 23.7 Å². The molecule has 1 unspecified atom stereocenters. The number of ether oxygens (including phenoxy) is 1. The van der Waals surface area contributed by atoms with E-state index in [2.05, 4.69) is 5.32 Å². The van der Waals surface area contributed by atoms with E-state index in [-0.39, 0.29) is 5.69 Å². The minimum Gasteiger partial charge on any atom is -0.441 e. The molecule has 0 aliphatic heterocycles. The largest absolute Gasteiger partial charge is 0.441 e. The van der Waals surface area contributed by atoms with Gasteiger partial charge < -0.3 is 10.1 Å². The van der Waals surface area contributed by atoms with E-state index in [4.69, 9.17) is 9.88 Å². The van der Waals surface area contributed by atoms with Crippen molar-refractivity contribution in [3.8, 4) is 0 Å². The van der Waals surface area contributed by atoms with Crippen LogP contribution in [-0.2, 0) is 10.5 Å². The Morgan fingerprint density at radius 1 is 1.63 bits per heavy atom. The monoisotopic (exact) mass is 285 g/mol. The fraction of sp³-hybridized carbons (Fsp3) is 0.364. The summed E-state index contributed by atoms with van der Waals surface area (Å²) in [4.78, 5) is 21.7. The highest BCUT2D eigenvalue weighted by Gasteiger charge is 2.22. The molecular weight excluding hydrogens is 270 g/mol. The second kappa shape index (κ2) is 6.95. The van der Waals surface area contributed by atoms with Gasteiger partial charge in [-0.3, -0.25) is 15.3 Å². The van der Waals surface area contributed by atoms with Gasteiger partial charge in [-0.05, 0) is 18.6 Å². The van der Waals surface area contributed by atoms with E-state index in [0.29, 0.717) is 11.3 Å². The molecule has 1 aromatic carbocycles. The van der Waals surface area contributed by atoms with Gasteiger partial charge in [-0.2, -0.15) is 0 Å². The van der Waals surface area contributed by atoms with Gasteiger partial charge in [-0.25, -0.2) is 4.79 Å². The zero-order valence-corrected chi connectivity index (χ0v) is 11.4. The second-order valence-corrected chi connectivity index (χ2v) is 4.38. The van der Waals surface area contributed by atoms with Gasteiger partial charge in [-0.15, -0.1) is 0 Å². The SMILES string of the molecule is CNC(=O)OC(C)c1ccc(CSN)cc1[N+](=O)[O-]. The summed E-state index contributed by atoms with van der Waals surface area (Å²) in [5.41, 5.74) is 1.01. The number of hydrogen-bond acceptors (Lipinski definition) is 6. The number of nitro benzene ring substituents is 1. The lowest BCUT2D eigenvalue weighted by molar-refractivity contribution is -0.386. The van der Waals surface area contributed by atoms with Gasteiger partial charge >= 0.3 is 6.09 Å². The van der Waals surface area contributed by atoms with Crippen LogP contribution in [0, 0.1) is 10.1 Å². The second-order valence-electron chi connectivity index (χ2n) is 3.76. The van der Waals surface area contributed by atoms with Crippen molar-refractivity contribution in [2.24, 2.45) is 5.14 Å². The van der Waals surface area contributed by atoms with Gasteiger partial charge in [0.25, 0.3) is 5.69 Å². The molecule has 0 fully saturated rings. The molecule has 0 spiro atoms. The molecule has 1 rings (SSSR count). The lowest BCUT2D eigenvalue weighted by atomic mass is 10.1. The standard InChI is InChI=1S/C11H15N3O4S/c1-7(18-11(15)13-2)9-4-3-8(6-19-12)5-10(9)14(16)17/h3-5,7H,6,12H2,1-2H3,(H,13,15). The highest BCUT2D eigenvalue weighted by atomic mass is 32.2. The maximum Gasteiger partial charge on any atom is 0.407 e. The molecule has 0 aliphatic rings. The number of nitrogens with one attached hydrogen (secondary N) is 1. The van der Waals surface area contributed by atoms with Crippen LogP contribution in [0.5, 0.6) is 0 Å².